The fourth-order valence-corrected chi connectivity index (χ4v) is 0.657. The predicted molar refractivity (Wildman–Crippen MR) is 41.5 cm³/mol. The first-order valence-electron chi connectivity index (χ1n) is 3.10. The van der Waals surface area contributed by atoms with Crippen LogP contribution in [0.15, 0.2) is 23.5 Å². The van der Waals surface area contributed by atoms with E-state index >= 15 is 0 Å². The monoisotopic (exact) mass is 164 g/mol. The van der Waals surface area contributed by atoms with E-state index in [0.29, 0.717) is 11.3 Å². The topological polar surface area (TPSA) is 88.6 Å². The molecule has 1 heterocycles. The molecule has 0 unspecified atom stereocenters. The largest absolute Gasteiger partial charge is 0.409 e. The zero-order valence-corrected chi connectivity index (χ0v) is 6.06. The number of rotatable bonds is 2. The fourth-order valence-electron chi connectivity index (χ4n) is 0.657. The number of nitrogens with zero attached hydrogens (tertiary/aromatic N) is 2. The van der Waals surface area contributed by atoms with Gasteiger partial charge >= 0.3 is 0 Å². The number of nitrogens with two attached hydrogens (primary N) is 1. The lowest BCUT2D eigenvalue weighted by Gasteiger charge is -1.95. The van der Waals surface area contributed by atoms with Crippen LogP contribution in [0.4, 0.5) is 0 Å². The molecule has 0 saturated carbocycles. The molecule has 61 valence electrons. The van der Waals surface area contributed by atoms with Crippen LogP contribution in [-0.2, 0) is 4.79 Å². The van der Waals surface area contributed by atoms with Gasteiger partial charge in [-0.2, -0.15) is 0 Å². The molecule has 0 aliphatic rings. The Balaban J connectivity index is 2.99. The lowest BCUT2D eigenvalue weighted by atomic mass is 10.2. The second-order valence-corrected chi connectivity index (χ2v) is 2.02. The molecule has 0 aliphatic heterocycles. The Morgan fingerprint density at radius 3 is 2.83 bits per heavy atom. The van der Waals surface area contributed by atoms with Crippen molar-refractivity contribution in [2.24, 2.45) is 10.9 Å². The first kappa shape index (κ1) is 8.19. The van der Waals surface area contributed by atoms with Gasteiger partial charge in [0.25, 0.3) is 0 Å². The van der Waals surface area contributed by atoms with Gasteiger partial charge in [-0.25, -0.2) is 0 Å². The zero-order valence-electron chi connectivity index (χ0n) is 6.06. The molecule has 0 amide bonds. The van der Waals surface area contributed by atoms with Gasteiger partial charge in [0.05, 0.1) is 0 Å². The van der Waals surface area contributed by atoms with Crippen molar-refractivity contribution in [3.05, 3.63) is 29.6 Å². The molecule has 5 heteroatoms. The summed E-state index contributed by atoms with van der Waals surface area (Å²) in [5.74, 6) is -0.0903. The fraction of sp³-hybridized carbons (Fsp3) is 0. The van der Waals surface area contributed by atoms with Crippen LogP contribution in [0, 0.1) is 0 Å². The minimum Gasteiger partial charge on any atom is -0.409 e. The van der Waals surface area contributed by atoms with E-state index in [2.05, 4.69) is 10.1 Å². The minimum absolute atomic E-state index is 0.0903. The van der Waals surface area contributed by atoms with Crippen LogP contribution in [0.1, 0.15) is 11.3 Å². The molecule has 5 nitrogen and oxygen atoms in total. The van der Waals surface area contributed by atoms with E-state index in [9.17, 15) is 4.79 Å². The number of hydrogen-bond donors (Lipinski definition) is 2. The summed E-state index contributed by atoms with van der Waals surface area (Å²) in [6.45, 7) is 0. The average Bonchev–Trinajstić information content (AvgIpc) is 2.17. The number of carbonyl (C=O) groups excluding carboxylic acids is 1. The summed E-state index contributed by atoms with van der Waals surface area (Å²) in [6.07, 6.45) is 2.95. The molecule has 0 aromatic carbocycles. The molecule has 0 saturated heterocycles. The van der Waals surface area contributed by atoms with E-state index in [1.165, 1.54) is 18.3 Å². The van der Waals surface area contributed by atoms with E-state index in [1.807, 2.05) is 0 Å². The van der Waals surface area contributed by atoms with Gasteiger partial charge in [-0.1, -0.05) is 5.16 Å². The van der Waals surface area contributed by atoms with Crippen molar-refractivity contribution in [1.82, 2.24) is 4.98 Å². The summed E-state index contributed by atoms with van der Waals surface area (Å²) in [7, 11) is 0. The standard InChI is InChI=1S/C7H6N3O2/c8-7(10-12)6-2-1-5(4-11)3-9-6/h1-3,12H,(H2,8,10). The van der Waals surface area contributed by atoms with Gasteiger partial charge < -0.3 is 10.9 Å². The van der Waals surface area contributed by atoms with E-state index in [4.69, 9.17) is 10.9 Å². The van der Waals surface area contributed by atoms with Crippen molar-refractivity contribution in [3.63, 3.8) is 0 Å². The van der Waals surface area contributed by atoms with Crippen molar-refractivity contribution < 1.29 is 10.0 Å². The van der Waals surface area contributed by atoms with Crippen LogP contribution in [0.5, 0.6) is 0 Å². The van der Waals surface area contributed by atoms with Crippen LogP contribution in [0.3, 0.4) is 0 Å². The van der Waals surface area contributed by atoms with Gasteiger partial charge in [-0.05, 0) is 12.1 Å². The summed E-state index contributed by atoms with van der Waals surface area (Å²) in [4.78, 5) is 13.8. The highest BCUT2D eigenvalue weighted by atomic mass is 16.4. The van der Waals surface area contributed by atoms with Crippen LogP contribution in [-0.4, -0.2) is 22.3 Å². The number of amidine groups is 1. The molecule has 0 bridgehead atoms. The van der Waals surface area contributed by atoms with Crippen LogP contribution >= 0.6 is 0 Å². The normalized spacial score (nSPS) is 11.2. The third-order valence-corrected chi connectivity index (χ3v) is 1.25. The molecule has 12 heavy (non-hydrogen) atoms. The number of pyridine rings is 1. The average molecular weight is 164 g/mol. The first-order chi connectivity index (χ1) is 5.77. The molecule has 1 radical (unpaired) electrons. The van der Waals surface area contributed by atoms with E-state index in [-0.39, 0.29) is 5.84 Å². The van der Waals surface area contributed by atoms with Crippen molar-refractivity contribution in [2.45, 2.75) is 0 Å². The van der Waals surface area contributed by atoms with Gasteiger partial charge in [0.2, 0.25) is 6.29 Å². The second kappa shape index (κ2) is 3.47. The maximum Gasteiger partial charge on any atom is 0.235 e. The SMILES string of the molecule is N/C(=N/O)c1ccc([C]=O)cn1. The molecule has 0 fully saturated rings. The Labute approximate surface area is 68.5 Å². The molecular formula is C7H6N3O2. The van der Waals surface area contributed by atoms with Crippen molar-refractivity contribution in [2.75, 3.05) is 0 Å². The maximum atomic E-state index is 10.1. The van der Waals surface area contributed by atoms with Crippen LogP contribution in [0.25, 0.3) is 0 Å². The molecule has 0 aliphatic carbocycles. The zero-order chi connectivity index (χ0) is 8.97. The molecule has 1 rings (SSSR count). The van der Waals surface area contributed by atoms with Crippen molar-refractivity contribution in [1.29, 1.82) is 0 Å². The van der Waals surface area contributed by atoms with Gasteiger partial charge in [0.1, 0.15) is 5.69 Å². The smallest absolute Gasteiger partial charge is 0.235 e. The summed E-state index contributed by atoms with van der Waals surface area (Å²) < 4.78 is 0. The molecule has 1 aromatic heterocycles. The summed E-state index contributed by atoms with van der Waals surface area (Å²) in [6, 6.07) is 2.95. The summed E-state index contributed by atoms with van der Waals surface area (Å²) in [5.41, 5.74) is 5.86. The molecular weight excluding hydrogens is 158 g/mol. The number of oxime groups is 1. The Morgan fingerprint density at radius 2 is 2.42 bits per heavy atom. The van der Waals surface area contributed by atoms with Crippen molar-refractivity contribution in [3.8, 4) is 0 Å². The lowest BCUT2D eigenvalue weighted by Crippen LogP contribution is -2.14. The molecule has 1 aromatic rings. The highest BCUT2D eigenvalue weighted by Crippen LogP contribution is 1.96. The third kappa shape index (κ3) is 1.57. The van der Waals surface area contributed by atoms with Crippen LogP contribution < -0.4 is 5.73 Å². The maximum absolute atomic E-state index is 10.1. The van der Waals surface area contributed by atoms with Crippen molar-refractivity contribution >= 4 is 12.1 Å². The quantitative estimate of drug-likeness (QED) is 0.270. The lowest BCUT2D eigenvalue weighted by molar-refractivity contribution is 0.318. The first-order valence-corrected chi connectivity index (χ1v) is 3.10. The van der Waals surface area contributed by atoms with Crippen LogP contribution in [0.2, 0.25) is 0 Å². The van der Waals surface area contributed by atoms with E-state index in [1.54, 1.807) is 6.29 Å². The number of hydrogen-bond acceptors (Lipinski definition) is 4. The Morgan fingerprint density at radius 1 is 1.67 bits per heavy atom. The summed E-state index contributed by atoms with van der Waals surface area (Å²) >= 11 is 0. The van der Waals surface area contributed by atoms with Gasteiger partial charge in [-0.15, -0.1) is 0 Å². The Kier molecular flexibility index (Phi) is 2.37. The second-order valence-electron chi connectivity index (χ2n) is 2.02. The van der Waals surface area contributed by atoms with E-state index < -0.39 is 0 Å². The summed E-state index contributed by atoms with van der Waals surface area (Å²) in [5, 5.41) is 11.0. The van der Waals surface area contributed by atoms with Gasteiger partial charge in [-0.3, -0.25) is 9.78 Å². The molecule has 3 N–H and O–H groups in total. The minimum atomic E-state index is -0.0903. The predicted octanol–water partition coefficient (Wildman–Crippen LogP) is -0.366. The Hall–Kier alpha value is -1.91. The van der Waals surface area contributed by atoms with Gasteiger partial charge in [0.15, 0.2) is 5.84 Å². The number of aromatic nitrogens is 1. The molecule has 0 spiro atoms. The van der Waals surface area contributed by atoms with Gasteiger partial charge in [0, 0.05) is 11.8 Å². The molecule has 0 atom stereocenters. The van der Waals surface area contributed by atoms with E-state index in [0.717, 1.165) is 0 Å². The third-order valence-electron chi connectivity index (χ3n) is 1.25. The highest BCUT2D eigenvalue weighted by molar-refractivity contribution is 5.95. The Bertz CT molecular complexity index is 305. The highest BCUT2D eigenvalue weighted by Gasteiger charge is 1.99.